The van der Waals surface area contributed by atoms with Crippen molar-refractivity contribution in [1.82, 2.24) is 9.58 Å². The second kappa shape index (κ2) is 8.12. The van der Waals surface area contributed by atoms with Crippen molar-refractivity contribution in [2.75, 3.05) is 18.2 Å². The summed E-state index contributed by atoms with van der Waals surface area (Å²) in [6.07, 6.45) is 3.20. The molecule has 1 fully saturated rings. The number of carboxylic acid groups (broad SMARTS) is 1. The van der Waals surface area contributed by atoms with Gasteiger partial charge in [-0.25, -0.2) is 4.79 Å². The number of aromatic hydroxyl groups is 1. The molecule has 8 heteroatoms. The van der Waals surface area contributed by atoms with Crippen LogP contribution in [0.25, 0.3) is 0 Å². The van der Waals surface area contributed by atoms with E-state index in [1.54, 1.807) is 4.90 Å². The van der Waals surface area contributed by atoms with Crippen molar-refractivity contribution in [2.24, 2.45) is 5.92 Å². The maximum atomic E-state index is 13.3. The van der Waals surface area contributed by atoms with Gasteiger partial charge in [-0.05, 0) is 29.9 Å². The van der Waals surface area contributed by atoms with Crippen LogP contribution in [0.1, 0.15) is 50.9 Å². The number of rotatable bonds is 6. The highest BCUT2D eigenvalue weighted by atomic mass is 16.4. The molecule has 2 aliphatic rings. The zero-order valence-electron chi connectivity index (χ0n) is 17.8. The molecule has 0 spiro atoms. The molecule has 2 N–H and O–H groups in total. The highest BCUT2D eigenvalue weighted by Gasteiger charge is 2.39. The number of pyridine rings is 1. The van der Waals surface area contributed by atoms with E-state index in [9.17, 15) is 24.6 Å². The van der Waals surface area contributed by atoms with Crippen molar-refractivity contribution in [2.45, 2.75) is 18.9 Å². The Bertz CT molecular complexity index is 1230. The Hall–Kier alpha value is -4.07. The molecule has 8 nitrogen and oxygen atoms in total. The molecule has 5 rings (SSSR count). The summed E-state index contributed by atoms with van der Waals surface area (Å²) in [7, 11) is 0. The van der Waals surface area contributed by atoms with Gasteiger partial charge in [-0.3, -0.25) is 19.3 Å². The molecule has 0 saturated heterocycles. The largest absolute Gasteiger partial charge is 0.502 e. The molecule has 3 aromatic rings. The smallest absolute Gasteiger partial charge is 0.341 e. The molecule has 2 aromatic carbocycles. The average Bonchev–Trinajstić information content (AvgIpc) is 3.64. The quantitative estimate of drug-likeness (QED) is 0.605. The monoisotopic (exact) mass is 445 g/mol. The number of hydrogen-bond donors (Lipinski definition) is 2. The third-order valence-electron chi connectivity index (χ3n) is 6.18. The van der Waals surface area contributed by atoms with Gasteiger partial charge in [0.1, 0.15) is 12.2 Å². The lowest BCUT2D eigenvalue weighted by atomic mass is 9.98. The van der Waals surface area contributed by atoms with Crippen LogP contribution in [-0.4, -0.2) is 44.9 Å². The number of aromatic carboxylic acids is 1. The van der Waals surface area contributed by atoms with Crippen molar-refractivity contribution in [1.29, 1.82) is 0 Å². The van der Waals surface area contributed by atoms with E-state index >= 15 is 0 Å². The Balaban J connectivity index is 1.74. The maximum Gasteiger partial charge on any atom is 0.341 e. The van der Waals surface area contributed by atoms with Gasteiger partial charge < -0.3 is 15.1 Å². The van der Waals surface area contributed by atoms with Gasteiger partial charge in [0.25, 0.3) is 5.91 Å². The lowest BCUT2D eigenvalue weighted by Crippen LogP contribution is -2.56. The molecule has 1 aliphatic carbocycles. The second-order valence-electron chi connectivity index (χ2n) is 8.49. The van der Waals surface area contributed by atoms with E-state index in [2.05, 4.69) is 0 Å². The molecular weight excluding hydrogens is 422 g/mol. The molecule has 168 valence electrons. The van der Waals surface area contributed by atoms with E-state index in [4.69, 9.17) is 0 Å². The van der Waals surface area contributed by atoms with Crippen LogP contribution in [0.15, 0.2) is 71.7 Å². The number of aromatic nitrogens is 1. The number of fused-ring (bicyclic) bond motifs is 1. The number of nitrogens with zero attached hydrogens (tertiary/aromatic N) is 3. The van der Waals surface area contributed by atoms with E-state index in [1.807, 2.05) is 65.7 Å². The molecule has 1 aromatic heterocycles. The molecule has 1 aliphatic heterocycles. The number of benzene rings is 2. The highest BCUT2D eigenvalue weighted by molar-refractivity contribution is 5.98. The first-order chi connectivity index (χ1) is 16.0. The lowest BCUT2D eigenvalue weighted by molar-refractivity contribution is 0.0654. The fourth-order valence-corrected chi connectivity index (χ4v) is 4.37. The van der Waals surface area contributed by atoms with E-state index in [1.165, 1.54) is 4.68 Å². The van der Waals surface area contributed by atoms with Crippen molar-refractivity contribution in [3.63, 3.8) is 0 Å². The zero-order chi connectivity index (χ0) is 23.1. The average molecular weight is 445 g/mol. The van der Waals surface area contributed by atoms with Gasteiger partial charge in [-0.15, -0.1) is 0 Å². The Kier molecular flexibility index (Phi) is 5.12. The van der Waals surface area contributed by atoms with Gasteiger partial charge in [0.05, 0.1) is 6.04 Å². The van der Waals surface area contributed by atoms with E-state index < -0.39 is 34.7 Å². The molecule has 2 heterocycles. The van der Waals surface area contributed by atoms with Crippen LogP contribution < -0.4 is 10.4 Å². The van der Waals surface area contributed by atoms with Gasteiger partial charge in [-0.2, -0.15) is 0 Å². The third kappa shape index (κ3) is 3.73. The Morgan fingerprint density at radius 1 is 0.970 bits per heavy atom. The fourth-order valence-electron chi connectivity index (χ4n) is 4.37. The van der Waals surface area contributed by atoms with Crippen LogP contribution in [0.5, 0.6) is 5.75 Å². The number of carbonyl (C=O) groups is 2. The summed E-state index contributed by atoms with van der Waals surface area (Å²) in [6.45, 7) is 0.693. The normalized spacial score (nSPS) is 15.6. The molecule has 1 saturated carbocycles. The standard InChI is InChI=1S/C25H23N3O5/c29-22-19(25(32)33)14-27-21(23(22)30)24(31)26(13-16-11-12-16)15-28(27)20(17-7-3-1-4-8-17)18-9-5-2-6-10-18/h1-10,14,16,20,30H,11-13,15H2,(H,32,33). The summed E-state index contributed by atoms with van der Waals surface area (Å²) in [4.78, 5) is 39.2. The van der Waals surface area contributed by atoms with Crippen LogP contribution in [0, 0.1) is 5.92 Å². The Morgan fingerprint density at radius 3 is 2.06 bits per heavy atom. The van der Waals surface area contributed by atoms with Crippen molar-refractivity contribution in [3.8, 4) is 5.75 Å². The molecule has 0 radical (unpaired) electrons. The zero-order valence-corrected chi connectivity index (χ0v) is 17.8. The summed E-state index contributed by atoms with van der Waals surface area (Å²) in [5, 5.41) is 22.1. The predicted molar refractivity (Wildman–Crippen MR) is 121 cm³/mol. The maximum absolute atomic E-state index is 13.3. The highest BCUT2D eigenvalue weighted by Crippen LogP contribution is 2.35. The van der Waals surface area contributed by atoms with Crippen LogP contribution in [0.2, 0.25) is 0 Å². The molecule has 33 heavy (non-hydrogen) atoms. The van der Waals surface area contributed by atoms with E-state index in [-0.39, 0.29) is 12.4 Å². The minimum Gasteiger partial charge on any atom is -0.502 e. The second-order valence-corrected chi connectivity index (χ2v) is 8.49. The van der Waals surface area contributed by atoms with Crippen LogP contribution in [0.3, 0.4) is 0 Å². The lowest BCUT2D eigenvalue weighted by Gasteiger charge is -2.44. The molecule has 0 bridgehead atoms. The van der Waals surface area contributed by atoms with Gasteiger partial charge in [0.15, 0.2) is 11.4 Å². The number of hydrogen-bond acceptors (Lipinski definition) is 5. The number of carboxylic acids is 1. The SMILES string of the molecule is O=C(O)c1cn2c(c(O)c1=O)C(=O)N(CC1CC1)CN2C(c1ccccc1)c1ccccc1. The fraction of sp³-hybridized carbons (Fsp3) is 0.240. The van der Waals surface area contributed by atoms with Gasteiger partial charge >= 0.3 is 5.97 Å². The van der Waals surface area contributed by atoms with E-state index in [0.29, 0.717) is 12.5 Å². The Labute approximate surface area is 189 Å². The summed E-state index contributed by atoms with van der Waals surface area (Å²) in [5.74, 6) is -2.40. The molecule has 0 unspecified atom stereocenters. The van der Waals surface area contributed by atoms with Crippen LogP contribution in [-0.2, 0) is 0 Å². The van der Waals surface area contributed by atoms with Crippen molar-refractivity contribution < 1.29 is 19.8 Å². The van der Waals surface area contributed by atoms with Gasteiger partial charge in [0.2, 0.25) is 5.43 Å². The minimum absolute atomic E-state index is 0.179. The summed E-state index contributed by atoms with van der Waals surface area (Å²) >= 11 is 0. The van der Waals surface area contributed by atoms with E-state index in [0.717, 1.165) is 30.2 Å². The topological polar surface area (TPSA) is 103 Å². The molecular formula is C25H23N3O5. The number of amides is 1. The first-order valence-electron chi connectivity index (χ1n) is 10.8. The molecule has 1 amide bonds. The summed E-state index contributed by atoms with van der Waals surface area (Å²) in [6, 6.07) is 18.9. The first-order valence-corrected chi connectivity index (χ1v) is 10.8. The molecule has 0 atom stereocenters. The summed E-state index contributed by atoms with van der Waals surface area (Å²) < 4.78 is 1.34. The van der Waals surface area contributed by atoms with Crippen molar-refractivity contribution >= 4 is 11.9 Å². The first kappa shape index (κ1) is 20.8. The van der Waals surface area contributed by atoms with Gasteiger partial charge in [-0.1, -0.05) is 60.7 Å². The minimum atomic E-state index is -1.46. The van der Waals surface area contributed by atoms with Crippen LogP contribution in [0.4, 0.5) is 0 Å². The number of carbonyl (C=O) groups excluding carboxylic acids is 1. The Morgan fingerprint density at radius 2 is 1.55 bits per heavy atom. The van der Waals surface area contributed by atoms with Gasteiger partial charge in [0, 0.05) is 12.7 Å². The van der Waals surface area contributed by atoms with Crippen LogP contribution >= 0.6 is 0 Å². The summed E-state index contributed by atoms with van der Waals surface area (Å²) in [5.41, 5.74) is -0.0273. The van der Waals surface area contributed by atoms with Crippen molar-refractivity contribution in [3.05, 3.63) is 99.5 Å². The predicted octanol–water partition coefficient (Wildman–Crippen LogP) is 2.80. The third-order valence-corrected chi connectivity index (χ3v) is 6.18.